The number of aromatic nitrogens is 3. The SMILES string of the molecule is Cc1cc(/C=C(/C#N)C(=O)Nc2nnc(C(C)C)s2)c(C)n1-c1ccc(Br)cc1. The molecule has 0 radical (unpaired) electrons. The van der Waals surface area contributed by atoms with Crippen LogP contribution < -0.4 is 5.32 Å². The second kappa shape index (κ2) is 8.72. The van der Waals surface area contributed by atoms with Crippen molar-refractivity contribution < 1.29 is 4.79 Å². The van der Waals surface area contributed by atoms with Gasteiger partial charge in [0.1, 0.15) is 16.6 Å². The van der Waals surface area contributed by atoms with E-state index in [2.05, 4.69) is 36.0 Å². The Hall–Kier alpha value is -2.76. The standard InChI is InChI=1S/C21H20BrN5OS/c1-12(2)20-25-26-21(29-20)24-19(28)16(11-23)10-15-9-13(3)27(14(15)4)18-7-5-17(22)6-8-18/h5-10,12H,1-4H3,(H,24,26,28)/b16-10-. The van der Waals surface area contributed by atoms with Crippen molar-refractivity contribution in [1.82, 2.24) is 14.8 Å². The van der Waals surface area contributed by atoms with Gasteiger partial charge in [-0.3, -0.25) is 10.1 Å². The van der Waals surface area contributed by atoms with Gasteiger partial charge in [-0.05, 0) is 55.8 Å². The number of nitriles is 1. The van der Waals surface area contributed by atoms with Gasteiger partial charge in [-0.15, -0.1) is 10.2 Å². The molecule has 1 N–H and O–H groups in total. The Morgan fingerprint density at radius 1 is 1.28 bits per heavy atom. The normalized spacial score (nSPS) is 11.6. The number of halogens is 1. The second-order valence-corrected chi connectivity index (χ2v) is 8.79. The molecule has 0 unspecified atom stereocenters. The third-order valence-electron chi connectivity index (χ3n) is 4.38. The lowest BCUT2D eigenvalue weighted by Gasteiger charge is -2.09. The zero-order valence-electron chi connectivity index (χ0n) is 16.5. The maximum absolute atomic E-state index is 12.6. The van der Waals surface area contributed by atoms with E-state index in [9.17, 15) is 10.1 Å². The van der Waals surface area contributed by atoms with E-state index >= 15 is 0 Å². The second-order valence-electron chi connectivity index (χ2n) is 6.86. The van der Waals surface area contributed by atoms with E-state index in [1.54, 1.807) is 6.08 Å². The molecule has 0 saturated carbocycles. The summed E-state index contributed by atoms with van der Waals surface area (Å²) in [7, 11) is 0. The summed E-state index contributed by atoms with van der Waals surface area (Å²) < 4.78 is 3.09. The van der Waals surface area contributed by atoms with Gasteiger partial charge < -0.3 is 4.57 Å². The monoisotopic (exact) mass is 469 g/mol. The number of amides is 1. The summed E-state index contributed by atoms with van der Waals surface area (Å²) in [6.45, 7) is 7.97. The third-order valence-corrected chi connectivity index (χ3v) is 6.04. The summed E-state index contributed by atoms with van der Waals surface area (Å²) in [5, 5.41) is 21.4. The van der Waals surface area contributed by atoms with E-state index in [1.165, 1.54) is 11.3 Å². The lowest BCUT2D eigenvalue weighted by molar-refractivity contribution is -0.112. The number of carbonyl (C=O) groups is 1. The van der Waals surface area contributed by atoms with Crippen molar-refractivity contribution in [3.05, 3.63) is 62.3 Å². The number of aryl methyl sites for hydroxylation is 1. The molecule has 2 aromatic heterocycles. The van der Waals surface area contributed by atoms with E-state index in [4.69, 9.17) is 0 Å². The first kappa shape index (κ1) is 21.0. The first-order valence-electron chi connectivity index (χ1n) is 9.01. The highest BCUT2D eigenvalue weighted by Gasteiger charge is 2.16. The van der Waals surface area contributed by atoms with Crippen LogP contribution in [0.3, 0.4) is 0 Å². The lowest BCUT2D eigenvalue weighted by atomic mass is 10.1. The van der Waals surface area contributed by atoms with Gasteiger partial charge >= 0.3 is 0 Å². The van der Waals surface area contributed by atoms with Gasteiger partial charge in [0.15, 0.2) is 0 Å². The van der Waals surface area contributed by atoms with Crippen molar-refractivity contribution in [3.63, 3.8) is 0 Å². The fraction of sp³-hybridized carbons (Fsp3) is 0.238. The molecule has 0 fully saturated rings. The van der Waals surface area contributed by atoms with Gasteiger partial charge in [-0.25, -0.2) is 0 Å². The predicted octanol–water partition coefficient (Wildman–Crippen LogP) is 5.38. The molecule has 0 aliphatic carbocycles. The predicted molar refractivity (Wildman–Crippen MR) is 119 cm³/mol. The molecule has 1 amide bonds. The molecule has 0 aliphatic rings. The molecule has 0 spiro atoms. The largest absolute Gasteiger partial charge is 0.318 e. The number of carbonyl (C=O) groups excluding carboxylic acids is 1. The number of nitrogens with one attached hydrogen (secondary N) is 1. The lowest BCUT2D eigenvalue weighted by Crippen LogP contribution is -2.13. The van der Waals surface area contributed by atoms with Crippen LogP contribution in [0.15, 0.2) is 40.4 Å². The third kappa shape index (κ3) is 4.63. The van der Waals surface area contributed by atoms with Crippen LogP contribution in [0.25, 0.3) is 11.8 Å². The zero-order valence-corrected chi connectivity index (χ0v) is 18.9. The van der Waals surface area contributed by atoms with Crippen molar-refractivity contribution in [1.29, 1.82) is 5.26 Å². The van der Waals surface area contributed by atoms with Crippen molar-refractivity contribution in [2.45, 2.75) is 33.6 Å². The fourth-order valence-corrected chi connectivity index (χ4v) is 3.91. The molecule has 6 nitrogen and oxygen atoms in total. The minimum atomic E-state index is -0.493. The van der Waals surface area contributed by atoms with E-state index in [-0.39, 0.29) is 11.5 Å². The Labute approximate surface area is 182 Å². The van der Waals surface area contributed by atoms with E-state index in [1.807, 2.05) is 64.1 Å². The average molecular weight is 470 g/mol. The highest BCUT2D eigenvalue weighted by atomic mass is 79.9. The molecule has 0 saturated heterocycles. The number of nitrogens with zero attached hydrogens (tertiary/aromatic N) is 4. The quantitative estimate of drug-likeness (QED) is 0.401. The maximum atomic E-state index is 12.6. The summed E-state index contributed by atoms with van der Waals surface area (Å²) in [6.07, 6.45) is 1.61. The molecule has 2 heterocycles. The molecule has 3 aromatic rings. The van der Waals surface area contributed by atoms with Crippen LogP contribution in [0.5, 0.6) is 0 Å². The molecule has 3 rings (SSSR count). The molecule has 29 heavy (non-hydrogen) atoms. The highest BCUT2D eigenvalue weighted by molar-refractivity contribution is 9.10. The van der Waals surface area contributed by atoms with Crippen LogP contribution >= 0.6 is 27.3 Å². The Morgan fingerprint density at radius 2 is 1.97 bits per heavy atom. The first-order valence-corrected chi connectivity index (χ1v) is 10.6. The molecular weight excluding hydrogens is 450 g/mol. The summed E-state index contributed by atoms with van der Waals surface area (Å²) >= 11 is 4.76. The molecule has 0 aliphatic heterocycles. The number of anilines is 1. The van der Waals surface area contributed by atoms with Gasteiger partial charge in [0.2, 0.25) is 5.13 Å². The number of hydrogen-bond acceptors (Lipinski definition) is 5. The van der Waals surface area contributed by atoms with E-state index in [0.29, 0.717) is 5.13 Å². The van der Waals surface area contributed by atoms with Gasteiger partial charge in [-0.2, -0.15) is 5.26 Å². The van der Waals surface area contributed by atoms with Gasteiger partial charge in [0.05, 0.1) is 0 Å². The number of benzene rings is 1. The molecule has 0 atom stereocenters. The Kier molecular flexibility index (Phi) is 6.30. The molecule has 148 valence electrons. The fourth-order valence-electron chi connectivity index (χ4n) is 2.91. The van der Waals surface area contributed by atoms with Gasteiger partial charge in [0, 0.05) is 27.5 Å². The summed E-state index contributed by atoms with van der Waals surface area (Å²) in [5.74, 6) is -0.263. The number of rotatable bonds is 5. The van der Waals surface area contributed by atoms with Crippen LogP contribution in [0, 0.1) is 25.2 Å². The van der Waals surface area contributed by atoms with Crippen LogP contribution in [0.4, 0.5) is 5.13 Å². The van der Waals surface area contributed by atoms with Crippen molar-refractivity contribution in [2.75, 3.05) is 5.32 Å². The van der Waals surface area contributed by atoms with E-state index in [0.717, 1.165) is 32.1 Å². The van der Waals surface area contributed by atoms with Crippen LogP contribution in [0.2, 0.25) is 0 Å². The molecule has 8 heteroatoms. The van der Waals surface area contributed by atoms with Crippen molar-refractivity contribution >= 4 is 44.4 Å². The Bertz CT molecular complexity index is 1120. The van der Waals surface area contributed by atoms with Gasteiger partial charge in [0.25, 0.3) is 5.91 Å². The van der Waals surface area contributed by atoms with Gasteiger partial charge in [-0.1, -0.05) is 41.1 Å². The Morgan fingerprint density at radius 3 is 2.55 bits per heavy atom. The maximum Gasteiger partial charge on any atom is 0.268 e. The minimum Gasteiger partial charge on any atom is -0.318 e. The topological polar surface area (TPSA) is 83.6 Å². The van der Waals surface area contributed by atoms with Crippen molar-refractivity contribution in [3.8, 4) is 11.8 Å². The van der Waals surface area contributed by atoms with Crippen LogP contribution in [0.1, 0.15) is 41.7 Å². The smallest absolute Gasteiger partial charge is 0.268 e. The molecule has 1 aromatic carbocycles. The zero-order chi connectivity index (χ0) is 21.1. The summed E-state index contributed by atoms with van der Waals surface area (Å²) in [6, 6.07) is 11.9. The first-order chi connectivity index (χ1) is 13.8. The highest BCUT2D eigenvalue weighted by Crippen LogP contribution is 2.25. The average Bonchev–Trinajstić information content (AvgIpc) is 3.25. The van der Waals surface area contributed by atoms with Crippen LogP contribution in [-0.4, -0.2) is 20.7 Å². The summed E-state index contributed by atoms with van der Waals surface area (Å²) in [5.41, 5.74) is 3.81. The van der Waals surface area contributed by atoms with Crippen LogP contribution in [-0.2, 0) is 4.79 Å². The summed E-state index contributed by atoms with van der Waals surface area (Å²) in [4.78, 5) is 12.6. The molecular formula is C21H20BrN5OS. The Balaban J connectivity index is 1.89. The molecule has 0 bridgehead atoms. The van der Waals surface area contributed by atoms with Crippen molar-refractivity contribution in [2.24, 2.45) is 0 Å². The van der Waals surface area contributed by atoms with E-state index < -0.39 is 5.91 Å². The minimum absolute atomic E-state index is 0.0161. The number of hydrogen-bond donors (Lipinski definition) is 1.